The summed E-state index contributed by atoms with van der Waals surface area (Å²) in [6, 6.07) is 62.7. The predicted molar refractivity (Wildman–Crippen MR) is 507 cm³/mol. The van der Waals surface area contributed by atoms with Crippen molar-refractivity contribution in [2.45, 2.75) is 175 Å². The fourth-order valence-corrected chi connectivity index (χ4v) is 14.9. The minimum Gasteiger partial charge on any atom is -0.493 e. The van der Waals surface area contributed by atoms with Crippen LogP contribution in [0.15, 0.2) is 231 Å². The Labute approximate surface area is 764 Å². The molecule has 0 fully saturated rings. The number of pyridine rings is 3. The molecule has 0 aliphatic rings. The molecule has 0 saturated heterocycles. The number of thiazole rings is 3. The molecule has 664 valence electrons. The molecular weight excluding hydrogens is 1710 g/mol. The zero-order valence-corrected chi connectivity index (χ0v) is 79.4. The van der Waals surface area contributed by atoms with Gasteiger partial charge in [-0.3, -0.25) is 0 Å². The largest absolute Gasteiger partial charge is 0.493 e. The maximum absolute atomic E-state index is 11.9. The van der Waals surface area contributed by atoms with Crippen LogP contribution in [0.2, 0.25) is 0 Å². The van der Waals surface area contributed by atoms with Gasteiger partial charge in [0, 0.05) is 69.5 Å². The number of carbonyl (C=O) groups is 7. The summed E-state index contributed by atoms with van der Waals surface area (Å²) in [5.41, 5.74) is 10.3. The Hall–Kier alpha value is -11.4. The SMILES string of the molecule is CC(C)COc1ccc(-c2cccc(C(=O)OC(C)C)n2)cc1.CC(C)OC(=O)c1ccc(-c2cccc(C(=O)OC(C)C)n2)cc1.CC(C)OC(=O)c1cccc(-c2ccc(OC(C)C)cc2)n1.CCOC(=O)c1csc(-c2ccc(SC(C)C)cc2)n1.CCOC(=O)c1csc(-c2ccc(SC)cc2)n1.CCOC(=O)c1csc(-c2ccc(SCC)cc2)n1. The van der Waals surface area contributed by atoms with Gasteiger partial charge in [0.25, 0.3) is 0 Å². The lowest BCUT2D eigenvalue weighted by Crippen LogP contribution is -2.13. The summed E-state index contributed by atoms with van der Waals surface area (Å²) in [6.07, 6.45) is 1.49. The lowest BCUT2D eigenvalue weighted by molar-refractivity contribution is 0.0360. The van der Waals surface area contributed by atoms with E-state index >= 15 is 0 Å². The molecule has 0 unspecified atom stereocenters. The van der Waals surface area contributed by atoms with Crippen molar-refractivity contribution < 1.29 is 76.2 Å². The first-order valence-corrected chi connectivity index (χ1v) is 47.0. The number of esters is 7. The van der Waals surface area contributed by atoms with Gasteiger partial charge in [0.2, 0.25) is 0 Å². The second-order valence-electron chi connectivity index (χ2n) is 29.2. The lowest BCUT2D eigenvalue weighted by atomic mass is 10.1. The van der Waals surface area contributed by atoms with E-state index in [4.69, 9.17) is 42.6 Å². The smallest absolute Gasteiger partial charge is 0.357 e. The third-order valence-corrected chi connectivity index (χ3v) is 21.4. The van der Waals surface area contributed by atoms with Crippen LogP contribution in [-0.4, -0.2) is 146 Å². The van der Waals surface area contributed by atoms with E-state index in [9.17, 15) is 33.6 Å². The number of hydrogen-bond acceptors (Lipinski definition) is 28. The Morgan fingerprint density at radius 2 is 0.643 bits per heavy atom. The van der Waals surface area contributed by atoms with Crippen molar-refractivity contribution in [2.24, 2.45) is 5.92 Å². The van der Waals surface area contributed by atoms with E-state index in [-0.39, 0.29) is 60.1 Å². The van der Waals surface area contributed by atoms with Gasteiger partial charge >= 0.3 is 41.8 Å². The Balaban J connectivity index is 0.000000208. The van der Waals surface area contributed by atoms with E-state index in [1.807, 2.05) is 175 Å². The highest BCUT2D eigenvalue weighted by Crippen LogP contribution is 2.33. The second-order valence-corrected chi connectivity index (χ2v) is 35.6. The molecule has 0 atom stereocenters. The van der Waals surface area contributed by atoms with Gasteiger partial charge in [-0.15, -0.1) is 69.3 Å². The molecule has 0 bridgehead atoms. The van der Waals surface area contributed by atoms with Gasteiger partial charge in [-0.25, -0.2) is 63.5 Å². The summed E-state index contributed by atoms with van der Waals surface area (Å²) < 4.78 is 46.7. The quantitative estimate of drug-likeness (QED) is 0.0230. The average Bonchev–Trinajstić information content (AvgIpc) is 1.43. The number of ether oxygens (including phenoxy) is 9. The zero-order chi connectivity index (χ0) is 91.8. The molecule has 0 saturated carbocycles. The van der Waals surface area contributed by atoms with Crippen LogP contribution in [-0.2, 0) is 33.2 Å². The van der Waals surface area contributed by atoms with E-state index in [1.54, 1.807) is 149 Å². The van der Waals surface area contributed by atoms with Crippen molar-refractivity contribution >= 4 is 111 Å². The van der Waals surface area contributed by atoms with Crippen molar-refractivity contribution in [1.82, 2.24) is 29.9 Å². The lowest BCUT2D eigenvalue weighted by Gasteiger charge is -2.10. The molecule has 6 heterocycles. The van der Waals surface area contributed by atoms with Crippen molar-refractivity contribution in [3.63, 3.8) is 0 Å². The van der Waals surface area contributed by atoms with Crippen LogP contribution in [0, 0.1) is 5.92 Å². The zero-order valence-electron chi connectivity index (χ0n) is 74.5. The highest BCUT2D eigenvalue weighted by molar-refractivity contribution is 8.00. The summed E-state index contributed by atoms with van der Waals surface area (Å²) in [4.78, 5) is 112. The summed E-state index contributed by atoms with van der Waals surface area (Å²) >= 11 is 9.70. The van der Waals surface area contributed by atoms with Gasteiger partial charge in [0.15, 0.2) is 17.1 Å². The van der Waals surface area contributed by atoms with E-state index in [2.05, 4.69) is 88.8 Å². The van der Waals surface area contributed by atoms with Gasteiger partial charge in [-0.05, 0) is 241 Å². The van der Waals surface area contributed by atoms with Crippen molar-refractivity contribution in [1.29, 1.82) is 0 Å². The van der Waals surface area contributed by atoms with Crippen LogP contribution in [0.4, 0.5) is 0 Å². The number of benzene rings is 6. The third kappa shape index (κ3) is 34.9. The monoisotopic (exact) mass is 1820 g/mol. The van der Waals surface area contributed by atoms with Crippen molar-refractivity contribution in [3.8, 4) is 77.0 Å². The highest BCUT2D eigenvalue weighted by Gasteiger charge is 2.20. The van der Waals surface area contributed by atoms with Crippen molar-refractivity contribution in [3.05, 3.63) is 256 Å². The van der Waals surface area contributed by atoms with Gasteiger partial charge in [0.1, 0.15) is 43.6 Å². The summed E-state index contributed by atoms with van der Waals surface area (Å²) in [5.74, 6) is 0.486. The summed E-state index contributed by atoms with van der Waals surface area (Å²) in [6.45, 7) is 36.3. The van der Waals surface area contributed by atoms with Gasteiger partial charge in [-0.1, -0.05) is 101 Å². The van der Waals surface area contributed by atoms with Gasteiger partial charge in [0.05, 0.1) is 79.6 Å². The maximum atomic E-state index is 11.9. The molecule has 6 aromatic heterocycles. The van der Waals surface area contributed by atoms with E-state index in [0.717, 1.165) is 77.0 Å². The molecule has 0 aliphatic carbocycles. The summed E-state index contributed by atoms with van der Waals surface area (Å²) in [5, 5.41) is 8.30. The molecule has 22 nitrogen and oxygen atoms in total. The van der Waals surface area contributed by atoms with E-state index in [0.29, 0.717) is 77.3 Å². The Bertz CT molecular complexity index is 5390. The Morgan fingerprint density at radius 1 is 0.325 bits per heavy atom. The van der Waals surface area contributed by atoms with Crippen LogP contribution in [0.1, 0.15) is 198 Å². The Morgan fingerprint density at radius 3 is 0.952 bits per heavy atom. The molecular formula is C98H110N6O16S6. The number of nitrogens with zero attached hydrogens (tertiary/aromatic N) is 6. The molecule has 6 aromatic carbocycles. The first-order valence-electron chi connectivity index (χ1n) is 41.2. The van der Waals surface area contributed by atoms with E-state index < -0.39 is 17.9 Å². The third-order valence-electron chi connectivity index (χ3n) is 16.1. The molecule has 0 radical (unpaired) electrons. The molecule has 12 rings (SSSR count). The van der Waals surface area contributed by atoms with Crippen molar-refractivity contribution in [2.75, 3.05) is 38.4 Å². The maximum Gasteiger partial charge on any atom is 0.357 e. The second kappa shape index (κ2) is 53.2. The number of hydrogen-bond donors (Lipinski definition) is 0. The average molecular weight is 1820 g/mol. The topological polar surface area (TPSA) is 280 Å². The first kappa shape index (κ1) is 102. The molecule has 0 spiro atoms. The van der Waals surface area contributed by atoms with Crippen LogP contribution in [0.3, 0.4) is 0 Å². The number of rotatable bonds is 30. The molecule has 28 heteroatoms. The Kier molecular flexibility index (Phi) is 42.9. The van der Waals surface area contributed by atoms with Crippen LogP contribution in [0.25, 0.3) is 65.5 Å². The summed E-state index contributed by atoms with van der Waals surface area (Å²) in [7, 11) is 0. The molecule has 0 N–H and O–H groups in total. The number of aromatic nitrogens is 6. The highest BCUT2D eigenvalue weighted by atomic mass is 32.2. The predicted octanol–water partition coefficient (Wildman–Crippen LogP) is 24.6. The molecule has 126 heavy (non-hydrogen) atoms. The van der Waals surface area contributed by atoms with Crippen LogP contribution in [0.5, 0.6) is 11.5 Å². The van der Waals surface area contributed by atoms with E-state index in [1.165, 1.54) is 48.7 Å². The van der Waals surface area contributed by atoms with Gasteiger partial charge < -0.3 is 42.6 Å². The van der Waals surface area contributed by atoms with Crippen LogP contribution >= 0.6 is 69.3 Å². The standard InChI is InChI=1S/C19H21NO4.C19H23NO3.C18H21NO3.C15H17NO2S2.C14H15NO2S2.C13H13NO2S2/c1-12(2)23-18(21)15-10-8-14(9-11-15)16-6-5-7-17(20-16)19(22)24-13(3)4;1-13(2)12-22-16-10-8-15(9-11-16)17-6-5-7-18(20-17)19(21)23-14(3)4;1-12(2)21-15-10-8-14(9-11-15)16-6-5-7-17(19-16)18(20)22-13(3)4;1-4-18-15(17)13-9-19-14(16-13)11-5-7-12(8-6-11)20-10(2)3;1-3-17-14(16)12-9-19-13(15-12)10-5-7-11(8-6-10)18-4-2;1-3-16-13(15)11-8-18-12(14-11)9-4-6-10(17-2)7-5-9/h5-13H,1-4H3;5-11,13-14H,12H2,1-4H3;5-13H,1-4H3;5-10H,4H2,1-3H3;5-9H,3-4H2,1-2H3;4-8H,3H2,1-2H3. The number of carbonyl (C=O) groups excluding carboxylic acids is 7. The normalized spacial score (nSPS) is 10.7. The van der Waals surface area contributed by atoms with Gasteiger partial charge in [-0.2, -0.15) is 0 Å². The molecule has 0 aliphatic heterocycles. The number of thioether (sulfide) groups is 3. The fourth-order valence-electron chi connectivity index (χ4n) is 10.6. The minimum absolute atomic E-state index is 0.137. The first-order chi connectivity index (χ1) is 60.3. The van der Waals surface area contributed by atoms with Crippen LogP contribution < -0.4 is 9.47 Å². The fraction of sp³-hybridized carbons (Fsp3) is 0.316. The molecule has 12 aromatic rings. The molecule has 0 amide bonds. The minimum atomic E-state index is -0.455.